The van der Waals surface area contributed by atoms with Gasteiger partial charge in [0.25, 0.3) is 0 Å². The van der Waals surface area contributed by atoms with Crippen LogP contribution in [0.5, 0.6) is 0 Å². The van der Waals surface area contributed by atoms with Crippen LogP contribution >= 0.6 is 0 Å². The van der Waals surface area contributed by atoms with Crippen LogP contribution in [0.4, 0.5) is 0 Å². The fourth-order valence-corrected chi connectivity index (χ4v) is 6.40. The molecule has 54 heavy (non-hydrogen) atoms. The van der Waals surface area contributed by atoms with Crippen molar-refractivity contribution < 1.29 is 15.0 Å². The summed E-state index contributed by atoms with van der Waals surface area (Å²) >= 11 is 0. The average Bonchev–Trinajstić information content (AvgIpc) is 3.18. The maximum absolute atomic E-state index is 12.3. The van der Waals surface area contributed by atoms with Crippen molar-refractivity contribution in [1.82, 2.24) is 5.32 Å². The zero-order valence-corrected chi connectivity index (χ0v) is 35.5. The number of amides is 1. The molecule has 2 unspecified atom stereocenters. The Morgan fingerprint density at radius 1 is 0.463 bits per heavy atom. The van der Waals surface area contributed by atoms with Crippen molar-refractivity contribution in [1.29, 1.82) is 0 Å². The van der Waals surface area contributed by atoms with E-state index < -0.39 is 12.1 Å². The van der Waals surface area contributed by atoms with Crippen molar-refractivity contribution in [3.63, 3.8) is 0 Å². The third kappa shape index (κ3) is 40.7. The van der Waals surface area contributed by atoms with Gasteiger partial charge in [-0.05, 0) is 77.0 Å². The number of rotatable bonds is 40. The van der Waals surface area contributed by atoms with Crippen LogP contribution in [0.15, 0.2) is 85.1 Å². The Labute approximate surface area is 335 Å². The van der Waals surface area contributed by atoms with E-state index in [4.69, 9.17) is 0 Å². The Hall–Kier alpha value is -2.43. The number of unbranched alkanes of at least 4 members (excludes halogenated alkanes) is 21. The monoisotopic (exact) mass is 750 g/mol. The summed E-state index contributed by atoms with van der Waals surface area (Å²) in [5, 5.41) is 22.8. The van der Waals surface area contributed by atoms with E-state index in [1.165, 1.54) is 122 Å². The fraction of sp³-hybridized carbons (Fsp3) is 0.700. The zero-order chi connectivity index (χ0) is 39.3. The molecule has 0 heterocycles. The molecule has 0 rings (SSSR count). The molecule has 310 valence electrons. The van der Waals surface area contributed by atoms with Gasteiger partial charge >= 0.3 is 0 Å². The minimum Gasteiger partial charge on any atom is -0.394 e. The largest absolute Gasteiger partial charge is 0.394 e. The average molecular weight is 750 g/mol. The number of carbonyl (C=O) groups excluding carboxylic acids is 1. The van der Waals surface area contributed by atoms with Crippen molar-refractivity contribution >= 4 is 5.91 Å². The van der Waals surface area contributed by atoms with Crippen LogP contribution in [0.1, 0.15) is 206 Å². The van der Waals surface area contributed by atoms with E-state index in [1.54, 1.807) is 6.08 Å². The molecule has 3 N–H and O–H groups in total. The predicted molar refractivity (Wildman–Crippen MR) is 239 cm³/mol. The lowest BCUT2D eigenvalue weighted by molar-refractivity contribution is -0.123. The van der Waals surface area contributed by atoms with E-state index in [9.17, 15) is 15.0 Å². The van der Waals surface area contributed by atoms with Gasteiger partial charge in [-0.25, -0.2) is 0 Å². The Balaban J connectivity index is 3.48. The van der Waals surface area contributed by atoms with E-state index in [0.29, 0.717) is 6.42 Å². The topological polar surface area (TPSA) is 69.6 Å². The highest BCUT2D eigenvalue weighted by atomic mass is 16.3. The molecule has 0 saturated carbocycles. The highest BCUT2D eigenvalue weighted by molar-refractivity contribution is 5.76. The Kier molecular flexibility index (Phi) is 42.9. The minimum atomic E-state index is -0.862. The Bertz CT molecular complexity index is 988. The van der Waals surface area contributed by atoms with Gasteiger partial charge in [-0.2, -0.15) is 0 Å². The summed E-state index contributed by atoms with van der Waals surface area (Å²) in [5.74, 6) is -0.0791. The van der Waals surface area contributed by atoms with Crippen LogP contribution in [0.25, 0.3) is 0 Å². The molecule has 0 spiro atoms. The molecule has 0 aromatic carbocycles. The van der Waals surface area contributed by atoms with Gasteiger partial charge in [0.1, 0.15) is 0 Å². The lowest BCUT2D eigenvalue weighted by atomic mass is 10.0. The highest BCUT2D eigenvalue weighted by Gasteiger charge is 2.17. The van der Waals surface area contributed by atoms with Crippen molar-refractivity contribution in [2.45, 2.75) is 219 Å². The van der Waals surface area contributed by atoms with Gasteiger partial charge in [0.15, 0.2) is 0 Å². The van der Waals surface area contributed by atoms with Crippen LogP contribution in [0.3, 0.4) is 0 Å². The quantitative estimate of drug-likeness (QED) is 0.0431. The first-order valence-electron chi connectivity index (χ1n) is 22.8. The third-order valence-electron chi connectivity index (χ3n) is 9.86. The first-order chi connectivity index (χ1) is 26.7. The minimum absolute atomic E-state index is 0.0791. The smallest absolute Gasteiger partial charge is 0.220 e. The summed E-state index contributed by atoms with van der Waals surface area (Å²) in [5.41, 5.74) is 0. The van der Waals surface area contributed by atoms with Gasteiger partial charge in [0.05, 0.1) is 18.8 Å². The summed E-state index contributed by atoms with van der Waals surface area (Å²) < 4.78 is 0. The molecule has 0 aromatic rings. The van der Waals surface area contributed by atoms with Crippen molar-refractivity contribution in [2.24, 2.45) is 0 Å². The molecule has 0 bridgehead atoms. The molecule has 1 amide bonds. The highest BCUT2D eigenvalue weighted by Crippen LogP contribution is 2.15. The third-order valence-corrected chi connectivity index (χ3v) is 9.86. The van der Waals surface area contributed by atoms with Gasteiger partial charge in [-0.3, -0.25) is 4.79 Å². The molecule has 0 radical (unpaired) electrons. The molecule has 4 nitrogen and oxygen atoms in total. The predicted octanol–water partition coefficient (Wildman–Crippen LogP) is 14.5. The van der Waals surface area contributed by atoms with Gasteiger partial charge < -0.3 is 15.5 Å². The lowest BCUT2D eigenvalue weighted by Crippen LogP contribution is -2.45. The molecule has 2 atom stereocenters. The van der Waals surface area contributed by atoms with Crippen LogP contribution in [-0.2, 0) is 4.79 Å². The summed E-state index contributed by atoms with van der Waals surface area (Å²) in [7, 11) is 0. The SMILES string of the molecule is CC/C=C\C/C=C\C/C=C\C/C=C\C/C=C\CCCCCCCCCCCCCCCCCCCC(=O)NC(CO)C(O)/C=C/CC/C=C/CCCCC. The van der Waals surface area contributed by atoms with E-state index in [0.717, 1.165) is 64.2 Å². The summed E-state index contributed by atoms with van der Waals surface area (Å²) in [6, 6.07) is -0.639. The molecule has 0 fully saturated rings. The second-order valence-electron chi connectivity index (χ2n) is 15.1. The molecule has 0 aromatic heterocycles. The van der Waals surface area contributed by atoms with Crippen molar-refractivity contribution in [3.05, 3.63) is 85.1 Å². The molecule has 0 saturated heterocycles. The number of hydrogen-bond donors (Lipinski definition) is 3. The molecule has 4 heteroatoms. The zero-order valence-electron chi connectivity index (χ0n) is 35.5. The number of aliphatic hydroxyl groups is 2. The molecular formula is C50H87NO3. The maximum atomic E-state index is 12.3. The Morgan fingerprint density at radius 2 is 0.833 bits per heavy atom. The van der Waals surface area contributed by atoms with Gasteiger partial charge in [-0.15, -0.1) is 0 Å². The molecule has 0 aliphatic rings. The van der Waals surface area contributed by atoms with Crippen molar-refractivity contribution in [3.8, 4) is 0 Å². The number of hydrogen-bond acceptors (Lipinski definition) is 3. The van der Waals surface area contributed by atoms with Gasteiger partial charge in [-0.1, -0.05) is 208 Å². The summed E-state index contributed by atoms with van der Waals surface area (Å²) in [6.45, 7) is 4.12. The second kappa shape index (κ2) is 45.0. The first-order valence-corrected chi connectivity index (χ1v) is 22.8. The molecule has 0 aliphatic carbocycles. The van der Waals surface area contributed by atoms with Crippen LogP contribution in [-0.4, -0.2) is 34.9 Å². The van der Waals surface area contributed by atoms with Crippen LogP contribution in [0.2, 0.25) is 0 Å². The first kappa shape index (κ1) is 51.6. The molecular weight excluding hydrogens is 663 g/mol. The molecule has 0 aliphatic heterocycles. The Morgan fingerprint density at radius 3 is 1.30 bits per heavy atom. The standard InChI is InChI=1S/C50H87NO3/c1-3-5-7-9-11-13-14-15-16-17-18-19-20-21-22-23-24-25-26-27-28-29-30-31-32-33-34-35-36-38-40-42-44-46-50(54)51-48(47-52)49(53)45-43-41-39-37-12-10-8-6-4-2/h5,7,11-13,15-16,18-19,21-22,37,43,45,48-49,52-53H,3-4,6,8-10,14,17,20,23-36,38-42,44,46-47H2,1-2H3,(H,51,54)/b7-5-,13-11-,16-15-,19-18-,22-21-,37-12+,45-43+. The van der Waals surface area contributed by atoms with Gasteiger partial charge in [0.2, 0.25) is 5.91 Å². The van der Waals surface area contributed by atoms with E-state index in [-0.39, 0.29) is 12.5 Å². The summed E-state index contributed by atoms with van der Waals surface area (Å²) in [4.78, 5) is 12.3. The van der Waals surface area contributed by atoms with E-state index >= 15 is 0 Å². The van der Waals surface area contributed by atoms with E-state index in [1.807, 2.05) is 6.08 Å². The fourth-order valence-electron chi connectivity index (χ4n) is 6.40. The summed E-state index contributed by atoms with van der Waals surface area (Å²) in [6.07, 6.45) is 65.8. The lowest BCUT2D eigenvalue weighted by Gasteiger charge is -2.19. The second-order valence-corrected chi connectivity index (χ2v) is 15.1. The number of aliphatic hydroxyl groups excluding tert-OH is 2. The maximum Gasteiger partial charge on any atom is 0.220 e. The van der Waals surface area contributed by atoms with E-state index in [2.05, 4.69) is 92.1 Å². The normalized spacial score (nSPS) is 13.8. The van der Waals surface area contributed by atoms with Crippen molar-refractivity contribution in [2.75, 3.05) is 6.61 Å². The number of carbonyl (C=O) groups is 1. The van der Waals surface area contributed by atoms with Gasteiger partial charge in [0, 0.05) is 6.42 Å². The van der Waals surface area contributed by atoms with Crippen LogP contribution in [0, 0.1) is 0 Å². The number of nitrogens with one attached hydrogen (secondary N) is 1. The van der Waals surface area contributed by atoms with Crippen LogP contribution < -0.4 is 5.32 Å². The number of allylic oxidation sites excluding steroid dienone is 13.